The number of rotatable bonds is 8. The van der Waals surface area contributed by atoms with E-state index in [-0.39, 0.29) is 11.8 Å². The molecule has 1 saturated heterocycles. The molecule has 0 radical (unpaired) electrons. The van der Waals surface area contributed by atoms with E-state index in [0.29, 0.717) is 30.9 Å². The Morgan fingerprint density at radius 3 is 2.23 bits per heavy atom. The summed E-state index contributed by atoms with van der Waals surface area (Å²) < 4.78 is 5.36. The molecule has 6 heteroatoms. The van der Waals surface area contributed by atoms with Gasteiger partial charge in [0.2, 0.25) is 5.91 Å². The fourth-order valence-electron chi connectivity index (χ4n) is 3.84. The molecule has 2 aromatic carbocycles. The number of ether oxygens (including phenoxy) is 1. The van der Waals surface area contributed by atoms with E-state index in [4.69, 9.17) is 4.74 Å². The molecule has 6 nitrogen and oxygen atoms in total. The van der Waals surface area contributed by atoms with Crippen LogP contribution in [0.2, 0.25) is 0 Å². The lowest BCUT2D eigenvalue weighted by Gasteiger charge is -2.26. The summed E-state index contributed by atoms with van der Waals surface area (Å²) in [6.07, 6.45) is 2.27. The summed E-state index contributed by atoms with van der Waals surface area (Å²) in [7, 11) is 1.61. The molecule has 0 saturated carbocycles. The van der Waals surface area contributed by atoms with Crippen LogP contribution in [0.1, 0.15) is 37.0 Å². The van der Waals surface area contributed by atoms with E-state index >= 15 is 0 Å². The van der Waals surface area contributed by atoms with Crippen LogP contribution in [0.5, 0.6) is 5.75 Å². The van der Waals surface area contributed by atoms with Gasteiger partial charge in [-0.25, -0.2) is 0 Å². The first-order valence-electron chi connectivity index (χ1n) is 10.7. The number of benzene rings is 2. The fraction of sp³-hybridized carbons (Fsp3) is 0.417. The van der Waals surface area contributed by atoms with Crippen molar-refractivity contribution in [2.24, 2.45) is 0 Å². The van der Waals surface area contributed by atoms with Crippen LogP contribution < -0.4 is 9.64 Å². The molecule has 2 amide bonds. The number of methoxy groups -OCH3 is 1. The van der Waals surface area contributed by atoms with Crippen LogP contribution in [0.25, 0.3) is 0 Å². The molecule has 1 aliphatic heterocycles. The summed E-state index contributed by atoms with van der Waals surface area (Å²) in [5.74, 6) is 0.704. The lowest BCUT2D eigenvalue weighted by molar-refractivity contribution is -0.118. The van der Waals surface area contributed by atoms with Gasteiger partial charge in [-0.05, 0) is 76.2 Å². The van der Waals surface area contributed by atoms with Crippen LogP contribution in [-0.2, 0) is 4.79 Å². The zero-order valence-corrected chi connectivity index (χ0v) is 18.1. The minimum Gasteiger partial charge on any atom is -0.497 e. The maximum Gasteiger partial charge on any atom is 0.253 e. The highest BCUT2D eigenvalue weighted by Crippen LogP contribution is 2.29. The van der Waals surface area contributed by atoms with Crippen molar-refractivity contribution in [3.05, 3.63) is 54.1 Å². The largest absolute Gasteiger partial charge is 0.497 e. The molecular formula is C24H31N3O3. The molecule has 0 aromatic heterocycles. The van der Waals surface area contributed by atoms with E-state index < -0.39 is 0 Å². The van der Waals surface area contributed by atoms with Gasteiger partial charge < -0.3 is 9.64 Å². The maximum atomic E-state index is 13.3. The number of carbonyl (C=O) groups is 2. The normalized spacial score (nSPS) is 13.8. The van der Waals surface area contributed by atoms with Gasteiger partial charge in [0.15, 0.2) is 0 Å². The predicted molar refractivity (Wildman–Crippen MR) is 120 cm³/mol. The van der Waals surface area contributed by atoms with Gasteiger partial charge in [-0.15, -0.1) is 0 Å². The lowest BCUT2D eigenvalue weighted by atomic mass is 10.1. The van der Waals surface area contributed by atoms with Crippen molar-refractivity contribution < 1.29 is 14.3 Å². The molecule has 1 aliphatic rings. The quantitative estimate of drug-likeness (QED) is 0.663. The van der Waals surface area contributed by atoms with E-state index in [1.807, 2.05) is 50.2 Å². The fourth-order valence-corrected chi connectivity index (χ4v) is 3.84. The summed E-state index contributed by atoms with van der Waals surface area (Å²) in [4.78, 5) is 31.6. The third-order valence-corrected chi connectivity index (χ3v) is 5.54. The average molecular weight is 410 g/mol. The van der Waals surface area contributed by atoms with Gasteiger partial charge in [0, 0.05) is 30.4 Å². The molecule has 0 spiro atoms. The molecule has 2 aromatic rings. The Morgan fingerprint density at radius 1 is 0.967 bits per heavy atom. The van der Waals surface area contributed by atoms with E-state index in [2.05, 4.69) is 4.90 Å². The number of amides is 2. The van der Waals surface area contributed by atoms with Crippen LogP contribution in [0.3, 0.4) is 0 Å². The summed E-state index contributed by atoms with van der Waals surface area (Å²) in [6, 6.07) is 14.8. The monoisotopic (exact) mass is 409 g/mol. The highest BCUT2D eigenvalue weighted by Gasteiger charge is 2.23. The van der Waals surface area contributed by atoms with Crippen molar-refractivity contribution >= 4 is 23.2 Å². The molecule has 1 heterocycles. The molecular weight excluding hydrogens is 378 g/mol. The minimum atomic E-state index is 0.00266. The second-order valence-corrected chi connectivity index (χ2v) is 7.44. The van der Waals surface area contributed by atoms with Crippen LogP contribution in [-0.4, -0.2) is 61.4 Å². The van der Waals surface area contributed by atoms with Crippen molar-refractivity contribution in [3.8, 4) is 5.75 Å². The van der Waals surface area contributed by atoms with E-state index in [0.717, 1.165) is 37.3 Å². The molecule has 0 bridgehead atoms. The lowest BCUT2D eigenvalue weighted by Crippen LogP contribution is -2.37. The van der Waals surface area contributed by atoms with Crippen LogP contribution in [0.15, 0.2) is 48.5 Å². The Hall–Kier alpha value is -2.86. The number of nitrogens with zero attached hydrogens (tertiary/aromatic N) is 3. The Morgan fingerprint density at radius 2 is 1.63 bits per heavy atom. The molecule has 160 valence electrons. The third kappa shape index (κ3) is 5.00. The Kier molecular flexibility index (Phi) is 7.46. The predicted octanol–water partition coefficient (Wildman–Crippen LogP) is 3.94. The molecule has 30 heavy (non-hydrogen) atoms. The van der Waals surface area contributed by atoms with Crippen molar-refractivity contribution in [1.82, 2.24) is 9.80 Å². The molecule has 0 atom stereocenters. The van der Waals surface area contributed by atoms with E-state index in [9.17, 15) is 9.59 Å². The summed E-state index contributed by atoms with van der Waals surface area (Å²) in [6.45, 7) is 7.55. The van der Waals surface area contributed by atoms with Crippen LogP contribution >= 0.6 is 0 Å². The zero-order chi connectivity index (χ0) is 21.5. The first-order valence-corrected chi connectivity index (χ1v) is 10.7. The van der Waals surface area contributed by atoms with Crippen LogP contribution in [0.4, 0.5) is 11.4 Å². The number of anilines is 2. The van der Waals surface area contributed by atoms with Crippen LogP contribution in [0, 0.1) is 0 Å². The molecule has 1 fully saturated rings. The van der Waals surface area contributed by atoms with Crippen molar-refractivity contribution in [3.63, 3.8) is 0 Å². The summed E-state index contributed by atoms with van der Waals surface area (Å²) in [5, 5.41) is 0. The van der Waals surface area contributed by atoms with Crippen molar-refractivity contribution in [2.75, 3.05) is 44.7 Å². The van der Waals surface area contributed by atoms with Gasteiger partial charge in [0.1, 0.15) is 5.75 Å². The molecule has 0 aliphatic carbocycles. The van der Waals surface area contributed by atoms with Gasteiger partial charge in [-0.1, -0.05) is 6.07 Å². The topological polar surface area (TPSA) is 53.1 Å². The Balaban J connectivity index is 1.90. The first kappa shape index (κ1) is 21.8. The first-order chi connectivity index (χ1) is 14.6. The summed E-state index contributed by atoms with van der Waals surface area (Å²) in [5.41, 5.74) is 2.12. The number of likely N-dealkylation sites (tertiary alicyclic amines) is 1. The highest BCUT2D eigenvalue weighted by atomic mass is 16.5. The zero-order valence-electron chi connectivity index (χ0n) is 18.1. The Bertz CT molecular complexity index is 856. The van der Waals surface area contributed by atoms with Gasteiger partial charge in [-0.3, -0.25) is 19.4 Å². The van der Waals surface area contributed by atoms with Gasteiger partial charge in [0.05, 0.1) is 19.3 Å². The smallest absolute Gasteiger partial charge is 0.253 e. The van der Waals surface area contributed by atoms with Gasteiger partial charge in [-0.2, -0.15) is 0 Å². The summed E-state index contributed by atoms with van der Waals surface area (Å²) >= 11 is 0. The minimum absolute atomic E-state index is 0.00266. The number of hydrogen-bond donors (Lipinski definition) is 0. The number of carbonyl (C=O) groups excluding carboxylic acids is 2. The SMILES string of the molecule is CCN(CC)C(=O)c1ccc(N(C(=O)CN2CCCC2)c2cccc(OC)c2)cc1. The average Bonchev–Trinajstić information content (AvgIpc) is 3.28. The van der Waals surface area contributed by atoms with E-state index in [1.165, 1.54) is 0 Å². The van der Waals surface area contributed by atoms with Gasteiger partial charge in [0.25, 0.3) is 5.91 Å². The van der Waals surface area contributed by atoms with Gasteiger partial charge >= 0.3 is 0 Å². The second-order valence-electron chi connectivity index (χ2n) is 7.44. The Labute approximate surface area is 179 Å². The van der Waals surface area contributed by atoms with Crippen molar-refractivity contribution in [1.29, 1.82) is 0 Å². The second kappa shape index (κ2) is 10.3. The molecule has 3 rings (SSSR count). The molecule has 0 N–H and O–H groups in total. The van der Waals surface area contributed by atoms with E-state index in [1.54, 1.807) is 29.0 Å². The standard InChI is InChI=1S/C24H31N3O3/c1-4-26(5-2)24(29)19-11-13-20(14-12-19)27(21-9-8-10-22(17-21)30-3)23(28)18-25-15-6-7-16-25/h8-14,17H,4-7,15-16,18H2,1-3H3. The maximum absolute atomic E-state index is 13.3. The number of hydrogen-bond acceptors (Lipinski definition) is 4. The third-order valence-electron chi connectivity index (χ3n) is 5.54. The molecule has 0 unspecified atom stereocenters. The highest BCUT2D eigenvalue weighted by molar-refractivity contribution is 6.02. The van der Waals surface area contributed by atoms with Crippen molar-refractivity contribution in [2.45, 2.75) is 26.7 Å².